The molecular weight excluding hydrogens is 711 g/mol. The molecule has 0 aromatic heterocycles. The summed E-state index contributed by atoms with van der Waals surface area (Å²) in [4.78, 5) is 59.6. The number of rotatable bonds is 8. The van der Waals surface area contributed by atoms with E-state index in [-0.39, 0.29) is 42.3 Å². The van der Waals surface area contributed by atoms with Crippen molar-refractivity contribution in [1.29, 1.82) is 0 Å². The van der Waals surface area contributed by atoms with Crippen molar-refractivity contribution in [3.63, 3.8) is 0 Å². The van der Waals surface area contributed by atoms with E-state index < -0.39 is 33.6 Å². The van der Waals surface area contributed by atoms with Gasteiger partial charge < -0.3 is 24.7 Å². The highest BCUT2D eigenvalue weighted by atomic mass is 32.2. The minimum absolute atomic E-state index is 0.151. The highest BCUT2D eigenvalue weighted by Gasteiger charge is 2.40. The first-order valence-corrected chi connectivity index (χ1v) is 20.8. The third-order valence-electron chi connectivity index (χ3n) is 11.9. The number of carbonyl (C=O) groups excluding carboxylic acids is 3. The first kappa shape index (κ1) is 38.1. The van der Waals surface area contributed by atoms with Gasteiger partial charge in [0.05, 0.1) is 4.90 Å². The van der Waals surface area contributed by atoms with Crippen LogP contribution in [0.25, 0.3) is 0 Å². The second-order valence-electron chi connectivity index (χ2n) is 16.4. The van der Waals surface area contributed by atoms with Gasteiger partial charge in [-0.05, 0) is 101 Å². The Morgan fingerprint density at radius 3 is 2.17 bits per heavy atom. The number of hydrogen-bond donors (Lipinski definition) is 2. The summed E-state index contributed by atoms with van der Waals surface area (Å²) in [5.41, 5.74) is 3.00. The Morgan fingerprint density at radius 2 is 1.52 bits per heavy atom. The molecule has 2 N–H and O–H groups in total. The molecule has 1 atom stereocenters. The minimum Gasteiger partial charge on any atom is -0.465 e. The number of benzene rings is 2. The highest BCUT2D eigenvalue weighted by molar-refractivity contribution is 7.89. The minimum atomic E-state index is -3.71. The lowest BCUT2D eigenvalue weighted by Crippen LogP contribution is -2.55. The molecule has 0 spiro atoms. The van der Waals surface area contributed by atoms with E-state index >= 15 is 0 Å². The molecule has 5 heterocycles. The first-order valence-electron chi connectivity index (χ1n) is 19.3. The van der Waals surface area contributed by atoms with Crippen LogP contribution in [0.1, 0.15) is 75.2 Å². The molecule has 7 rings (SSSR count). The van der Waals surface area contributed by atoms with Crippen molar-refractivity contribution >= 4 is 45.2 Å². The van der Waals surface area contributed by atoms with Gasteiger partial charge in [0.15, 0.2) is 0 Å². The molecule has 2 aromatic rings. The predicted molar refractivity (Wildman–Crippen MR) is 204 cm³/mol. The number of fused-ring (bicyclic) bond motifs is 1. The second kappa shape index (κ2) is 15.1. The molecular formula is C39H53N7O7S. The second-order valence-corrected chi connectivity index (χ2v) is 18.4. The Balaban J connectivity index is 0.877. The molecule has 292 valence electrons. The van der Waals surface area contributed by atoms with Gasteiger partial charge in [-0.2, -0.15) is 4.31 Å². The number of nitrogens with zero attached hydrogens (tertiary/aromatic N) is 6. The van der Waals surface area contributed by atoms with Gasteiger partial charge in [-0.15, -0.1) is 0 Å². The summed E-state index contributed by atoms with van der Waals surface area (Å²) in [6, 6.07) is 12.4. The Labute approximate surface area is 318 Å². The fraction of sp³-hybridized carbons (Fsp3) is 0.590. The number of nitrogens with one attached hydrogen (secondary N) is 1. The molecule has 5 aliphatic heterocycles. The average molecular weight is 764 g/mol. The summed E-state index contributed by atoms with van der Waals surface area (Å²) in [7, 11) is -3.71. The maximum atomic E-state index is 13.7. The number of sulfonamides is 1. The molecule has 1 unspecified atom stereocenters. The number of piperazine rings is 1. The number of amides is 4. The molecule has 0 radical (unpaired) electrons. The normalized spacial score (nSPS) is 22.8. The van der Waals surface area contributed by atoms with Gasteiger partial charge in [0, 0.05) is 100 Å². The molecule has 4 fully saturated rings. The summed E-state index contributed by atoms with van der Waals surface area (Å²) in [5, 5.41) is 12.2. The van der Waals surface area contributed by atoms with E-state index in [0.29, 0.717) is 37.3 Å². The van der Waals surface area contributed by atoms with Gasteiger partial charge in [-0.25, -0.2) is 13.2 Å². The molecule has 54 heavy (non-hydrogen) atoms. The zero-order valence-electron chi connectivity index (χ0n) is 31.6. The highest BCUT2D eigenvalue weighted by Crippen LogP contribution is 2.33. The van der Waals surface area contributed by atoms with Crippen molar-refractivity contribution in [1.82, 2.24) is 24.3 Å². The first-order chi connectivity index (χ1) is 25.7. The van der Waals surface area contributed by atoms with Crippen molar-refractivity contribution in [2.24, 2.45) is 5.92 Å². The number of carbonyl (C=O) groups is 4. The maximum Gasteiger partial charge on any atom is 0.407 e. The molecule has 0 aliphatic carbocycles. The van der Waals surface area contributed by atoms with Crippen LogP contribution in [-0.2, 0) is 26.2 Å². The molecule has 0 bridgehead atoms. The molecule has 14 nitrogen and oxygen atoms in total. The average Bonchev–Trinajstić information content (AvgIpc) is 3.46. The van der Waals surface area contributed by atoms with Crippen LogP contribution >= 0.6 is 0 Å². The number of anilines is 2. The van der Waals surface area contributed by atoms with E-state index in [1.165, 1.54) is 9.21 Å². The van der Waals surface area contributed by atoms with Crippen LogP contribution in [0.5, 0.6) is 0 Å². The number of carboxylic acid groups (broad SMARTS) is 1. The lowest BCUT2D eigenvalue weighted by atomic mass is 9.95. The monoisotopic (exact) mass is 763 g/mol. The third kappa shape index (κ3) is 7.80. The molecule has 4 saturated heterocycles. The van der Waals surface area contributed by atoms with Crippen LogP contribution < -0.4 is 15.1 Å². The molecule has 2 aromatic carbocycles. The predicted octanol–water partition coefficient (Wildman–Crippen LogP) is 3.42. The van der Waals surface area contributed by atoms with Crippen molar-refractivity contribution in [2.45, 2.75) is 88.4 Å². The van der Waals surface area contributed by atoms with Gasteiger partial charge in [-0.1, -0.05) is 6.07 Å². The number of imide groups is 1. The number of hydrogen-bond acceptors (Lipinski definition) is 9. The van der Waals surface area contributed by atoms with Crippen molar-refractivity contribution in [3.8, 4) is 0 Å². The topological polar surface area (TPSA) is 154 Å². The van der Waals surface area contributed by atoms with Gasteiger partial charge >= 0.3 is 6.09 Å². The smallest absolute Gasteiger partial charge is 0.407 e. The lowest BCUT2D eigenvalue weighted by Gasteiger charge is -2.43. The van der Waals surface area contributed by atoms with E-state index in [0.717, 1.165) is 75.6 Å². The van der Waals surface area contributed by atoms with Gasteiger partial charge in [0.1, 0.15) is 6.04 Å². The lowest BCUT2D eigenvalue weighted by molar-refractivity contribution is -0.136. The summed E-state index contributed by atoms with van der Waals surface area (Å²) in [6.45, 7) is 12.9. The quantitative estimate of drug-likeness (QED) is 0.383. The van der Waals surface area contributed by atoms with E-state index in [1.807, 2.05) is 45.0 Å². The summed E-state index contributed by atoms with van der Waals surface area (Å²) in [5.74, 6) is -0.255. The third-order valence-corrected chi connectivity index (χ3v) is 13.8. The fourth-order valence-electron chi connectivity index (χ4n) is 9.01. The van der Waals surface area contributed by atoms with Gasteiger partial charge in [0.2, 0.25) is 21.8 Å². The van der Waals surface area contributed by atoms with Crippen LogP contribution in [0.2, 0.25) is 0 Å². The van der Waals surface area contributed by atoms with Crippen LogP contribution in [-0.4, -0.2) is 133 Å². The van der Waals surface area contributed by atoms with Crippen LogP contribution in [0.3, 0.4) is 0 Å². The molecule has 0 saturated carbocycles. The Bertz CT molecular complexity index is 1880. The van der Waals surface area contributed by atoms with Gasteiger partial charge in [-0.3, -0.25) is 24.6 Å². The number of piperidine rings is 3. The van der Waals surface area contributed by atoms with Crippen molar-refractivity contribution < 1.29 is 32.7 Å². The summed E-state index contributed by atoms with van der Waals surface area (Å²) in [6.07, 6.45) is 2.69. The summed E-state index contributed by atoms with van der Waals surface area (Å²) >= 11 is 0. The Morgan fingerprint density at radius 1 is 0.852 bits per heavy atom. The standard InChI is InChI=1S/C39H53N7O7S/c1-39(2,3)46(38(50)51)29-13-17-44(18-14-29)54(52,53)32-6-4-5-30(24-32)43-21-19-41(20-22-43)25-27-11-15-42(16-12-27)31-7-8-33-28(23-31)26-45(37(33)49)34-9-10-35(47)40-36(34)48/h4-8,23-24,27,29,34H,9-22,25-26H2,1-3H3,(H,50,51)(H,40,47,48). The van der Waals surface area contributed by atoms with Crippen molar-refractivity contribution in [3.05, 3.63) is 53.6 Å². The molecule has 5 aliphatic rings. The van der Waals surface area contributed by atoms with E-state index in [1.54, 1.807) is 17.0 Å². The van der Waals surface area contributed by atoms with Gasteiger partial charge in [0.25, 0.3) is 5.91 Å². The SMILES string of the molecule is CC(C)(C)N(C(=O)O)C1CCN(S(=O)(=O)c2cccc(N3CCN(CC4CCN(c5ccc6c(c5)CN(C5CCC(=O)NC5=O)C6=O)CC4)CC3)c2)CC1. The zero-order valence-corrected chi connectivity index (χ0v) is 32.4. The fourth-order valence-corrected chi connectivity index (χ4v) is 10.5. The zero-order chi connectivity index (χ0) is 38.4. The maximum absolute atomic E-state index is 13.7. The molecule has 4 amide bonds. The Kier molecular flexibility index (Phi) is 10.7. The Hall–Kier alpha value is -4.21. The van der Waals surface area contributed by atoms with Crippen molar-refractivity contribution in [2.75, 3.05) is 68.7 Å². The van der Waals surface area contributed by atoms with Crippen LogP contribution in [0.15, 0.2) is 47.4 Å². The summed E-state index contributed by atoms with van der Waals surface area (Å²) < 4.78 is 28.9. The largest absolute Gasteiger partial charge is 0.465 e. The molecule has 15 heteroatoms. The van der Waals surface area contributed by atoms with Crippen LogP contribution in [0, 0.1) is 5.92 Å². The van der Waals surface area contributed by atoms with E-state index in [2.05, 4.69) is 26.1 Å². The van der Waals surface area contributed by atoms with Crippen LogP contribution in [0.4, 0.5) is 16.2 Å². The van der Waals surface area contributed by atoms with E-state index in [9.17, 15) is 32.7 Å². The van der Waals surface area contributed by atoms with E-state index in [4.69, 9.17) is 0 Å².